The molecule has 20 heavy (non-hydrogen) atoms. The van der Waals surface area contributed by atoms with Crippen LogP contribution >= 0.6 is 11.6 Å². The molecule has 5 heteroatoms. The zero-order valence-corrected chi connectivity index (χ0v) is 11.9. The molecule has 2 aromatic rings. The van der Waals surface area contributed by atoms with Crippen LogP contribution in [0.2, 0.25) is 0 Å². The van der Waals surface area contributed by atoms with Gasteiger partial charge in [-0.3, -0.25) is 4.79 Å². The number of halogens is 1. The Bertz CT molecular complexity index is 619. The SMILES string of the molecule is O=C(CCCl)Nc1ccc(-c2cnc3n2CCC3)cc1. The van der Waals surface area contributed by atoms with Gasteiger partial charge in [0.15, 0.2) is 0 Å². The standard InChI is InChI=1S/C15H16ClN3O/c16-8-7-15(20)18-12-5-3-11(4-6-12)13-10-17-14-2-1-9-19(13)14/h3-6,10H,1-2,7-9H2,(H,18,20). The van der Waals surface area contributed by atoms with Crippen LogP contribution < -0.4 is 5.32 Å². The third-order valence-electron chi connectivity index (χ3n) is 3.51. The predicted molar refractivity (Wildman–Crippen MR) is 80.0 cm³/mol. The molecule has 1 aromatic heterocycles. The van der Waals surface area contributed by atoms with Crippen LogP contribution in [0.15, 0.2) is 30.5 Å². The van der Waals surface area contributed by atoms with E-state index in [2.05, 4.69) is 14.9 Å². The van der Waals surface area contributed by atoms with Crippen LogP contribution in [-0.4, -0.2) is 21.3 Å². The summed E-state index contributed by atoms with van der Waals surface area (Å²) in [4.78, 5) is 15.9. The van der Waals surface area contributed by atoms with Gasteiger partial charge < -0.3 is 9.88 Å². The second-order valence-electron chi connectivity index (χ2n) is 4.88. The van der Waals surface area contributed by atoms with Gasteiger partial charge in [0.1, 0.15) is 5.82 Å². The maximum absolute atomic E-state index is 11.5. The normalized spacial score (nSPS) is 13.2. The Labute approximate surface area is 122 Å². The third-order valence-corrected chi connectivity index (χ3v) is 3.70. The fraction of sp³-hybridized carbons (Fsp3) is 0.333. The van der Waals surface area contributed by atoms with Crippen molar-refractivity contribution in [2.45, 2.75) is 25.8 Å². The maximum Gasteiger partial charge on any atom is 0.225 e. The molecule has 1 aliphatic rings. The van der Waals surface area contributed by atoms with Gasteiger partial charge in [0.25, 0.3) is 0 Å². The molecular weight excluding hydrogens is 274 g/mol. The number of amides is 1. The van der Waals surface area contributed by atoms with Crippen molar-refractivity contribution < 1.29 is 4.79 Å². The minimum absolute atomic E-state index is 0.0574. The van der Waals surface area contributed by atoms with Crippen molar-refractivity contribution in [1.29, 1.82) is 0 Å². The van der Waals surface area contributed by atoms with E-state index in [1.54, 1.807) is 0 Å². The van der Waals surface area contributed by atoms with Gasteiger partial charge in [-0.15, -0.1) is 11.6 Å². The lowest BCUT2D eigenvalue weighted by Gasteiger charge is -2.07. The number of alkyl halides is 1. The van der Waals surface area contributed by atoms with Gasteiger partial charge in [-0.25, -0.2) is 4.98 Å². The number of aromatic nitrogens is 2. The predicted octanol–water partition coefficient (Wildman–Crippen LogP) is 3.06. The molecule has 1 N–H and O–H groups in total. The quantitative estimate of drug-likeness (QED) is 0.879. The molecule has 4 nitrogen and oxygen atoms in total. The lowest BCUT2D eigenvalue weighted by molar-refractivity contribution is -0.115. The first-order valence-electron chi connectivity index (χ1n) is 6.78. The Morgan fingerprint density at radius 1 is 1.35 bits per heavy atom. The summed E-state index contributed by atoms with van der Waals surface area (Å²) in [5.41, 5.74) is 3.07. The van der Waals surface area contributed by atoms with Crippen molar-refractivity contribution in [3.05, 3.63) is 36.3 Å². The number of carbonyl (C=O) groups excluding carboxylic acids is 1. The summed E-state index contributed by atoms with van der Waals surface area (Å²) in [6, 6.07) is 7.85. The van der Waals surface area contributed by atoms with Crippen LogP contribution in [0.25, 0.3) is 11.3 Å². The van der Waals surface area contributed by atoms with Gasteiger partial charge in [-0.05, 0) is 24.1 Å². The number of imidazole rings is 1. The first kappa shape index (κ1) is 13.2. The van der Waals surface area contributed by atoms with Gasteiger partial charge >= 0.3 is 0 Å². The van der Waals surface area contributed by atoms with E-state index in [0.29, 0.717) is 12.3 Å². The number of nitrogens with one attached hydrogen (secondary N) is 1. The molecular formula is C15H16ClN3O. The number of anilines is 1. The smallest absolute Gasteiger partial charge is 0.225 e. The molecule has 0 saturated carbocycles. The van der Waals surface area contributed by atoms with Gasteiger partial charge in [0.05, 0.1) is 11.9 Å². The highest BCUT2D eigenvalue weighted by molar-refractivity contribution is 6.19. The number of fused-ring (bicyclic) bond motifs is 1. The van der Waals surface area contributed by atoms with Crippen LogP contribution in [-0.2, 0) is 17.8 Å². The van der Waals surface area contributed by atoms with E-state index in [4.69, 9.17) is 11.6 Å². The molecule has 0 radical (unpaired) electrons. The zero-order valence-electron chi connectivity index (χ0n) is 11.1. The molecule has 0 atom stereocenters. The minimum atomic E-state index is -0.0574. The van der Waals surface area contributed by atoms with Crippen LogP contribution in [0.4, 0.5) is 5.69 Å². The van der Waals surface area contributed by atoms with Crippen molar-refractivity contribution in [2.75, 3.05) is 11.2 Å². The highest BCUT2D eigenvalue weighted by atomic mass is 35.5. The van der Waals surface area contributed by atoms with Crippen molar-refractivity contribution in [3.63, 3.8) is 0 Å². The highest BCUT2D eigenvalue weighted by Crippen LogP contribution is 2.26. The molecule has 0 aliphatic carbocycles. The van der Waals surface area contributed by atoms with Gasteiger partial charge in [0.2, 0.25) is 5.91 Å². The second kappa shape index (κ2) is 5.67. The van der Waals surface area contributed by atoms with Crippen LogP contribution in [0, 0.1) is 0 Å². The number of hydrogen-bond acceptors (Lipinski definition) is 2. The summed E-state index contributed by atoms with van der Waals surface area (Å²) < 4.78 is 2.26. The van der Waals surface area contributed by atoms with E-state index in [1.165, 1.54) is 12.2 Å². The summed E-state index contributed by atoms with van der Waals surface area (Å²) in [6.45, 7) is 1.04. The molecule has 0 bridgehead atoms. The summed E-state index contributed by atoms with van der Waals surface area (Å²) in [6.07, 6.45) is 4.49. The molecule has 3 rings (SSSR count). The number of rotatable bonds is 4. The van der Waals surface area contributed by atoms with E-state index in [9.17, 15) is 4.79 Å². The van der Waals surface area contributed by atoms with Crippen LogP contribution in [0.1, 0.15) is 18.7 Å². The monoisotopic (exact) mass is 289 g/mol. The maximum atomic E-state index is 11.5. The average molecular weight is 290 g/mol. The Morgan fingerprint density at radius 2 is 2.15 bits per heavy atom. The van der Waals surface area contributed by atoms with Crippen molar-refractivity contribution in [1.82, 2.24) is 9.55 Å². The zero-order chi connectivity index (χ0) is 13.9. The summed E-state index contributed by atoms with van der Waals surface area (Å²) in [5.74, 6) is 1.45. The van der Waals surface area contributed by atoms with Gasteiger partial charge in [-0.2, -0.15) is 0 Å². The molecule has 104 valence electrons. The Hall–Kier alpha value is -1.81. The van der Waals surface area contributed by atoms with E-state index in [-0.39, 0.29) is 5.91 Å². The van der Waals surface area contributed by atoms with E-state index in [1.807, 2.05) is 30.5 Å². The topological polar surface area (TPSA) is 46.9 Å². The number of carbonyl (C=O) groups is 1. The Kier molecular flexibility index (Phi) is 3.74. The Balaban J connectivity index is 1.77. The van der Waals surface area contributed by atoms with E-state index in [0.717, 1.165) is 29.9 Å². The number of nitrogens with zero attached hydrogens (tertiary/aromatic N) is 2. The Morgan fingerprint density at radius 3 is 2.90 bits per heavy atom. The fourth-order valence-corrected chi connectivity index (χ4v) is 2.69. The number of aryl methyl sites for hydroxylation is 1. The van der Waals surface area contributed by atoms with Crippen LogP contribution in [0.5, 0.6) is 0 Å². The summed E-state index contributed by atoms with van der Waals surface area (Å²) in [7, 11) is 0. The molecule has 0 saturated heterocycles. The first-order chi connectivity index (χ1) is 9.78. The first-order valence-corrected chi connectivity index (χ1v) is 7.32. The number of hydrogen-bond donors (Lipinski definition) is 1. The molecule has 0 unspecified atom stereocenters. The van der Waals surface area contributed by atoms with Gasteiger partial charge in [0, 0.05) is 31.0 Å². The van der Waals surface area contributed by atoms with Gasteiger partial charge in [-0.1, -0.05) is 12.1 Å². The largest absolute Gasteiger partial charge is 0.328 e. The van der Waals surface area contributed by atoms with Crippen molar-refractivity contribution >= 4 is 23.2 Å². The summed E-state index contributed by atoms with van der Waals surface area (Å²) >= 11 is 5.54. The molecule has 1 aliphatic heterocycles. The minimum Gasteiger partial charge on any atom is -0.328 e. The second-order valence-corrected chi connectivity index (χ2v) is 5.26. The molecule has 0 spiro atoms. The fourth-order valence-electron chi connectivity index (χ4n) is 2.52. The molecule has 1 amide bonds. The molecule has 2 heterocycles. The van der Waals surface area contributed by atoms with Crippen LogP contribution in [0.3, 0.4) is 0 Å². The lowest BCUT2D eigenvalue weighted by atomic mass is 10.1. The number of benzene rings is 1. The molecule has 1 aromatic carbocycles. The lowest BCUT2D eigenvalue weighted by Crippen LogP contribution is -2.11. The van der Waals surface area contributed by atoms with Crippen molar-refractivity contribution in [2.24, 2.45) is 0 Å². The highest BCUT2D eigenvalue weighted by Gasteiger charge is 2.16. The average Bonchev–Trinajstić information content (AvgIpc) is 3.02. The summed E-state index contributed by atoms with van der Waals surface area (Å²) in [5, 5.41) is 2.82. The molecule has 0 fully saturated rings. The van der Waals surface area contributed by atoms with E-state index >= 15 is 0 Å². The van der Waals surface area contributed by atoms with Crippen molar-refractivity contribution in [3.8, 4) is 11.3 Å². The third kappa shape index (κ3) is 2.56. The van der Waals surface area contributed by atoms with E-state index < -0.39 is 0 Å².